The average molecular weight is 526 g/mol. The number of azo groups is 1. The third-order valence-corrected chi connectivity index (χ3v) is 8.63. The summed E-state index contributed by atoms with van der Waals surface area (Å²) >= 11 is 0. The van der Waals surface area contributed by atoms with E-state index in [4.69, 9.17) is 22.8 Å². The molecule has 0 saturated heterocycles. The molecule has 0 saturated carbocycles. The molecule has 0 atom stereocenters. The Balaban J connectivity index is 1.60. The molecule has 0 unspecified atom stereocenters. The summed E-state index contributed by atoms with van der Waals surface area (Å²) in [6.07, 6.45) is 3.99. The Kier molecular flexibility index (Phi) is 11.3. The summed E-state index contributed by atoms with van der Waals surface area (Å²) in [5.74, 6) is 0. The van der Waals surface area contributed by atoms with Crippen LogP contribution in [-0.2, 0) is 29.3 Å². The first-order chi connectivity index (χ1) is 18.1. The Labute approximate surface area is 220 Å². The van der Waals surface area contributed by atoms with Crippen LogP contribution in [0.2, 0.25) is 0 Å². The van der Waals surface area contributed by atoms with Gasteiger partial charge in [0.15, 0.2) is 18.9 Å². The predicted molar refractivity (Wildman–Crippen MR) is 145 cm³/mol. The van der Waals surface area contributed by atoms with Crippen LogP contribution in [0.4, 0.5) is 17.1 Å². The lowest BCUT2D eigenvalue weighted by molar-refractivity contribution is -0.688. The Hall–Kier alpha value is -2.99. The van der Waals surface area contributed by atoms with E-state index in [1.165, 1.54) is 0 Å². The maximum Gasteiger partial charge on any atom is 0.536 e. The molecule has 3 rings (SSSR count). The first kappa shape index (κ1) is 28.6. The molecular formula is C27H37N4O5Si+. The molecule has 0 fully saturated rings. The number of methoxy groups -OCH3 is 2. The van der Waals surface area contributed by atoms with Gasteiger partial charge in [-0.15, -0.1) is 0 Å². The average Bonchev–Trinajstić information content (AvgIpc) is 2.95. The Morgan fingerprint density at radius 1 is 0.676 bits per heavy atom. The number of ether oxygens (including phenoxy) is 2. The molecule has 2 aromatic carbocycles. The van der Waals surface area contributed by atoms with Gasteiger partial charge in [0.25, 0.3) is 0 Å². The summed E-state index contributed by atoms with van der Waals surface area (Å²) in [5.41, 5.74) is 3.83. The molecule has 1 aromatic heterocycles. The summed E-state index contributed by atoms with van der Waals surface area (Å²) in [6.45, 7) is 3.63. The fraction of sp³-hybridized carbons (Fsp3) is 0.370. The van der Waals surface area contributed by atoms with E-state index in [9.17, 15) is 0 Å². The zero-order valence-corrected chi connectivity index (χ0v) is 23.3. The largest absolute Gasteiger partial charge is 0.536 e. The summed E-state index contributed by atoms with van der Waals surface area (Å²) in [7, 11) is 5.43. The van der Waals surface area contributed by atoms with Crippen LogP contribution in [-0.4, -0.2) is 70.7 Å². The van der Waals surface area contributed by atoms with Gasteiger partial charge in [-0.25, -0.2) is 4.57 Å². The molecule has 0 aliphatic rings. The van der Waals surface area contributed by atoms with E-state index in [1.54, 1.807) is 35.5 Å². The lowest BCUT2D eigenvalue weighted by atomic mass is 10.2. The van der Waals surface area contributed by atoms with Crippen molar-refractivity contribution in [3.8, 4) is 0 Å². The zero-order valence-electron chi connectivity index (χ0n) is 22.3. The molecule has 0 aliphatic carbocycles. The van der Waals surface area contributed by atoms with Gasteiger partial charge < -0.3 is 27.7 Å². The molecule has 0 bridgehead atoms. The molecule has 0 N–H and O–H groups in total. The lowest BCUT2D eigenvalue weighted by Crippen LogP contribution is -2.54. The normalized spacial score (nSPS) is 11.8. The van der Waals surface area contributed by atoms with Crippen molar-refractivity contribution in [1.29, 1.82) is 0 Å². The van der Waals surface area contributed by atoms with Crippen molar-refractivity contribution in [2.45, 2.75) is 6.54 Å². The maximum absolute atomic E-state index is 5.55. The van der Waals surface area contributed by atoms with Crippen LogP contribution >= 0.6 is 0 Å². The van der Waals surface area contributed by atoms with Crippen molar-refractivity contribution in [3.05, 3.63) is 78.6 Å². The minimum absolute atomic E-state index is 0.655. The predicted octanol–water partition coefficient (Wildman–Crippen LogP) is 3.62. The molecule has 9 nitrogen and oxygen atoms in total. The highest BCUT2D eigenvalue weighted by molar-refractivity contribution is 6.75. The molecule has 10 heteroatoms. The quantitative estimate of drug-likeness (QED) is 0.171. The van der Waals surface area contributed by atoms with E-state index in [0.717, 1.165) is 47.4 Å². The third kappa shape index (κ3) is 7.99. The van der Waals surface area contributed by atoms with Crippen molar-refractivity contribution in [2.75, 3.05) is 66.8 Å². The van der Waals surface area contributed by atoms with Gasteiger partial charge in [0.1, 0.15) is 0 Å². The minimum atomic E-state index is -2.82. The van der Waals surface area contributed by atoms with Crippen molar-refractivity contribution < 1.29 is 27.3 Å². The Morgan fingerprint density at radius 2 is 1.19 bits per heavy atom. The number of hydrogen-bond acceptors (Lipinski definition) is 8. The number of aromatic nitrogens is 1. The number of nitrogens with zero attached hydrogens (tertiary/aromatic N) is 4. The van der Waals surface area contributed by atoms with Crippen molar-refractivity contribution in [2.24, 2.45) is 10.2 Å². The van der Waals surface area contributed by atoms with Crippen LogP contribution in [0.3, 0.4) is 0 Å². The fourth-order valence-electron chi connectivity index (χ4n) is 3.87. The maximum atomic E-state index is 5.55. The highest BCUT2D eigenvalue weighted by atomic mass is 28.4. The molecule has 0 amide bonds. The first-order valence-electron chi connectivity index (χ1n) is 12.1. The van der Waals surface area contributed by atoms with E-state index in [0.29, 0.717) is 13.2 Å². The van der Waals surface area contributed by atoms with Gasteiger partial charge >= 0.3 is 8.80 Å². The molecule has 198 valence electrons. The summed E-state index contributed by atoms with van der Waals surface area (Å²) in [4.78, 5) is 2.22. The monoisotopic (exact) mass is 525 g/mol. The zero-order chi connectivity index (χ0) is 26.5. The summed E-state index contributed by atoms with van der Waals surface area (Å²) in [6, 6.07) is 20.0. The fourth-order valence-corrected chi connectivity index (χ4v) is 5.65. The van der Waals surface area contributed by atoms with Crippen LogP contribution < -0.4 is 14.7 Å². The van der Waals surface area contributed by atoms with Crippen molar-refractivity contribution in [3.63, 3.8) is 0 Å². The molecule has 37 heavy (non-hydrogen) atoms. The molecule has 3 aromatic rings. The Morgan fingerprint density at radius 3 is 1.68 bits per heavy atom. The van der Waals surface area contributed by atoms with E-state index in [1.807, 2.05) is 60.9 Å². The smallest absolute Gasteiger partial charge is 0.383 e. The van der Waals surface area contributed by atoms with Crippen LogP contribution in [0.5, 0.6) is 0 Å². The standard InChI is InChI=1S/C27H37N4O5Si/c1-32-20-18-31(19-21-33-2)26-10-8-24(9-11-26)28-29-25-14-16-30(17-15-25)22-23-6-12-27(13-7-23)37(34-3,35-4)36-5/h6-17H,18-22H2,1-5H3/q+1. The number of pyridine rings is 1. The highest BCUT2D eigenvalue weighted by Crippen LogP contribution is 2.22. The van der Waals surface area contributed by atoms with Crippen LogP contribution in [0.15, 0.2) is 83.3 Å². The Bertz CT molecular complexity index is 1080. The molecule has 0 radical (unpaired) electrons. The number of benzene rings is 2. The second-order valence-corrected chi connectivity index (χ2v) is 11.2. The minimum Gasteiger partial charge on any atom is -0.383 e. The van der Waals surface area contributed by atoms with E-state index in [-0.39, 0.29) is 0 Å². The number of hydrogen-bond donors (Lipinski definition) is 0. The summed E-state index contributed by atoms with van der Waals surface area (Å²) < 4.78 is 29.2. The highest BCUT2D eigenvalue weighted by Gasteiger charge is 2.40. The number of rotatable bonds is 15. The van der Waals surface area contributed by atoms with Gasteiger partial charge in [-0.05, 0) is 24.3 Å². The van der Waals surface area contributed by atoms with Crippen LogP contribution in [0.25, 0.3) is 0 Å². The van der Waals surface area contributed by atoms with E-state index < -0.39 is 8.80 Å². The topological polar surface area (TPSA) is 78.0 Å². The van der Waals surface area contributed by atoms with Gasteiger partial charge in [0, 0.05) is 77.2 Å². The van der Waals surface area contributed by atoms with Crippen molar-refractivity contribution >= 4 is 31.1 Å². The molecule has 0 aliphatic heterocycles. The van der Waals surface area contributed by atoms with Crippen LogP contribution in [0.1, 0.15) is 5.56 Å². The second kappa shape index (κ2) is 14.7. The van der Waals surface area contributed by atoms with Gasteiger partial charge in [-0.1, -0.05) is 24.3 Å². The van der Waals surface area contributed by atoms with Crippen LogP contribution in [0, 0.1) is 0 Å². The van der Waals surface area contributed by atoms with Gasteiger partial charge in [-0.2, -0.15) is 10.2 Å². The lowest BCUT2D eigenvalue weighted by Gasteiger charge is -2.24. The van der Waals surface area contributed by atoms with Gasteiger partial charge in [-0.3, -0.25) is 0 Å². The van der Waals surface area contributed by atoms with Gasteiger partial charge in [0.05, 0.1) is 24.6 Å². The molecule has 1 heterocycles. The molecular weight excluding hydrogens is 488 g/mol. The second-order valence-electron chi connectivity index (χ2n) is 8.28. The summed E-state index contributed by atoms with van der Waals surface area (Å²) in [5, 5.41) is 9.70. The van der Waals surface area contributed by atoms with E-state index >= 15 is 0 Å². The number of anilines is 1. The van der Waals surface area contributed by atoms with Crippen molar-refractivity contribution in [1.82, 2.24) is 0 Å². The SMILES string of the molecule is COCCN(CCOC)c1ccc(N=Nc2cc[n+](Cc3ccc([Si](OC)(OC)OC)cc3)cc2)cc1. The third-order valence-electron chi connectivity index (χ3n) is 5.98. The molecule has 0 spiro atoms. The van der Waals surface area contributed by atoms with E-state index in [2.05, 4.69) is 31.8 Å². The first-order valence-corrected chi connectivity index (χ1v) is 13.8. The van der Waals surface area contributed by atoms with Gasteiger partial charge in [0.2, 0.25) is 0 Å².